The third-order valence-corrected chi connectivity index (χ3v) is 3.28. The SMILES string of the molecule is CC(C)(C)OC(=O)N(C(=O)OC(C)(C)C)C(C)(C#N)Cc1ccccc1. The summed E-state index contributed by atoms with van der Waals surface area (Å²) in [6.07, 6.45) is -1.67. The van der Waals surface area contributed by atoms with E-state index in [-0.39, 0.29) is 6.42 Å². The normalized spacial score (nSPS) is 13.9. The maximum absolute atomic E-state index is 12.7. The van der Waals surface area contributed by atoms with E-state index in [4.69, 9.17) is 9.47 Å². The highest BCUT2D eigenvalue weighted by Crippen LogP contribution is 2.26. The molecule has 1 atom stereocenters. The molecule has 0 aromatic heterocycles. The number of nitriles is 1. The van der Waals surface area contributed by atoms with Crippen LogP contribution in [0.5, 0.6) is 0 Å². The van der Waals surface area contributed by atoms with Gasteiger partial charge in [0, 0.05) is 6.42 Å². The lowest BCUT2D eigenvalue weighted by Gasteiger charge is -2.36. The molecule has 1 aromatic rings. The molecule has 0 saturated carbocycles. The third-order valence-electron chi connectivity index (χ3n) is 3.28. The molecule has 1 aromatic carbocycles. The van der Waals surface area contributed by atoms with Crippen molar-refractivity contribution in [2.45, 2.75) is 71.6 Å². The molecule has 1 unspecified atom stereocenters. The van der Waals surface area contributed by atoms with E-state index in [1.54, 1.807) is 41.5 Å². The molecule has 6 heteroatoms. The molecule has 1 rings (SSSR count). The number of carbonyl (C=O) groups is 2. The Morgan fingerprint density at radius 3 is 1.69 bits per heavy atom. The van der Waals surface area contributed by atoms with Gasteiger partial charge in [0.15, 0.2) is 0 Å². The molecule has 0 aliphatic rings. The van der Waals surface area contributed by atoms with Crippen molar-refractivity contribution in [2.24, 2.45) is 0 Å². The molecule has 0 bridgehead atoms. The fourth-order valence-electron chi connectivity index (χ4n) is 2.25. The first-order valence-corrected chi connectivity index (χ1v) is 8.49. The number of amides is 2. The number of benzene rings is 1. The van der Waals surface area contributed by atoms with Crippen molar-refractivity contribution >= 4 is 12.2 Å². The van der Waals surface area contributed by atoms with Gasteiger partial charge in [-0.15, -0.1) is 0 Å². The van der Waals surface area contributed by atoms with Gasteiger partial charge in [-0.1, -0.05) is 30.3 Å². The highest BCUT2D eigenvalue weighted by atomic mass is 16.6. The van der Waals surface area contributed by atoms with E-state index in [0.29, 0.717) is 0 Å². The Morgan fingerprint density at radius 1 is 0.923 bits per heavy atom. The van der Waals surface area contributed by atoms with Crippen LogP contribution in [-0.4, -0.2) is 33.8 Å². The lowest BCUT2D eigenvalue weighted by Crippen LogP contribution is -2.56. The van der Waals surface area contributed by atoms with Crippen LogP contribution in [0.1, 0.15) is 54.0 Å². The minimum atomic E-state index is -1.47. The number of rotatable bonds is 3. The van der Waals surface area contributed by atoms with Gasteiger partial charge in [0.2, 0.25) is 0 Å². The summed E-state index contributed by atoms with van der Waals surface area (Å²) in [6, 6.07) is 11.3. The van der Waals surface area contributed by atoms with Gasteiger partial charge in [-0.05, 0) is 54.0 Å². The summed E-state index contributed by atoms with van der Waals surface area (Å²) in [5, 5.41) is 9.80. The van der Waals surface area contributed by atoms with Crippen molar-refractivity contribution in [2.75, 3.05) is 0 Å². The van der Waals surface area contributed by atoms with Crippen LogP contribution in [0.4, 0.5) is 9.59 Å². The monoisotopic (exact) mass is 360 g/mol. The van der Waals surface area contributed by atoms with E-state index in [1.165, 1.54) is 6.92 Å². The summed E-state index contributed by atoms with van der Waals surface area (Å²) in [5.74, 6) is 0. The van der Waals surface area contributed by atoms with Crippen LogP contribution in [0, 0.1) is 11.3 Å². The molecular formula is C20H28N2O4. The molecule has 0 aliphatic heterocycles. The molecule has 0 fully saturated rings. The molecule has 0 N–H and O–H groups in total. The van der Waals surface area contributed by atoms with E-state index in [9.17, 15) is 14.9 Å². The van der Waals surface area contributed by atoms with Crippen molar-refractivity contribution in [3.63, 3.8) is 0 Å². The standard InChI is InChI=1S/C20H28N2O4/c1-18(2,3)25-16(23)22(17(24)26-19(4,5)6)20(7,14-21)13-15-11-9-8-10-12-15/h8-12H,13H2,1-7H3. The first-order chi connectivity index (χ1) is 11.8. The molecule has 0 heterocycles. The number of carbonyl (C=O) groups excluding carboxylic acids is 2. The van der Waals surface area contributed by atoms with Gasteiger partial charge in [-0.2, -0.15) is 10.2 Å². The van der Waals surface area contributed by atoms with Crippen molar-refractivity contribution in [3.05, 3.63) is 35.9 Å². The number of nitrogens with zero attached hydrogens (tertiary/aromatic N) is 2. The molecule has 0 radical (unpaired) electrons. The molecule has 0 aliphatic carbocycles. The summed E-state index contributed by atoms with van der Waals surface area (Å²) in [4.78, 5) is 26.2. The van der Waals surface area contributed by atoms with E-state index in [0.717, 1.165) is 10.5 Å². The number of imide groups is 1. The fraction of sp³-hybridized carbons (Fsp3) is 0.550. The zero-order valence-electron chi connectivity index (χ0n) is 16.6. The van der Waals surface area contributed by atoms with Gasteiger partial charge >= 0.3 is 12.2 Å². The summed E-state index contributed by atoms with van der Waals surface area (Å²) in [5.41, 5.74) is -2.29. The van der Waals surface area contributed by atoms with Crippen molar-refractivity contribution in [1.29, 1.82) is 5.26 Å². The van der Waals surface area contributed by atoms with Crippen LogP contribution in [-0.2, 0) is 15.9 Å². The summed E-state index contributed by atoms with van der Waals surface area (Å²) in [6.45, 7) is 11.7. The smallest absolute Gasteiger partial charge is 0.421 e. The Bertz CT molecular complexity index is 652. The summed E-state index contributed by atoms with van der Waals surface area (Å²) in [7, 11) is 0. The zero-order chi connectivity index (χ0) is 20.2. The predicted octanol–water partition coefficient (Wildman–Crippen LogP) is 4.68. The minimum absolute atomic E-state index is 0.156. The second kappa shape index (κ2) is 7.77. The van der Waals surface area contributed by atoms with Crippen LogP contribution >= 0.6 is 0 Å². The lowest BCUT2D eigenvalue weighted by atomic mass is 9.93. The molecule has 142 valence electrons. The number of hydrogen-bond acceptors (Lipinski definition) is 5. The van der Waals surface area contributed by atoms with E-state index in [2.05, 4.69) is 6.07 Å². The van der Waals surface area contributed by atoms with Crippen molar-refractivity contribution in [1.82, 2.24) is 4.90 Å². The van der Waals surface area contributed by atoms with Gasteiger partial charge < -0.3 is 9.47 Å². The second-order valence-electron chi connectivity index (χ2n) is 8.34. The minimum Gasteiger partial charge on any atom is -0.443 e. The first-order valence-electron chi connectivity index (χ1n) is 8.49. The Balaban J connectivity index is 3.28. The lowest BCUT2D eigenvalue weighted by molar-refractivity contribution is -0.0135. The quantitative estimate of drug-likeness (QED) is 0.781. The molecule has 0 saturated heterocycles. The van der Waals surface area contributed by atoms with E-state index in [1.807, 2.05) is 30.3 Å². The Hall–Kier alpha value is -2.55. The molecule has 26 heavy (non-hydrogen) atoms. The third kappa shape index (κ3) is 6.40. The zero-order valence-corrected chi connectivity index (χ0v) is 16.6. The fourth-order valence-corrected chi connectivity index (χ4v) is 2.25. The topological polar surface area (TPSA) is 79.6 Å². The number of ether oxygens (including phenoxy) is 2. The van der Waals surface area contributed by atoms with Crippen LogP contribution in [0.2, 0.25) is 0 Å². The van der Waals surface area contributed by atoms with E-state index >= 15 is 0 Å². The van der Waals surface area contributed by atoms with E-state index < -0.39 is 28.9 Å². The Kier molecular flexibility index (Phi) is 6.43. The average Bonchev–Trinajstić information content (AvgIpc) is 2.44. The van der Waals surface area contributed by atoms with Crippen LogP contribution in [0.15, 0.2) is 30.3 Å². The Labute approximate surface area is 155 Å². The highest BCUT2D eigenvalue weighted by molar-refractivity contribution is 5.90. The molecule has 0 spiro atoms. The molecule has 6 nitrogen and oxygen atoms in total. The summed E-state index contributed by atoms with van der Waals surface area (Å²) < 4.78 is 10.7. The van der Waals surface area contributed by atoms with Crippen molar-refractivity contribution < 1.29 is 19.1 Å². The maximum atomic E-state index is 12.7. The van der Waals surface area contributed by atoms with Gasteiger partial charge in [-0.3, -0.25) is 0 Å². The Morgan fingerprint density at radius 2 is 1.35 bits per heavy atom. The average molecular weight is 360 g/mol. The van der Waals surface area contributed by atoms with Crippen LogP contribution in [0.3, 0.4) is 0 Å². The van der Waals surface area contributed by atoms with Gasteiger partial charge in [0.05, 0.1) is 6.07 Å². The maximum Gasteiger partial charge on any atom is 0.421 e. The summed E-state index contributed by atoms with van der Waals surface area (Å²) >= 11 is 0. The van der Waals surface area contributed by atoms with Gasteiger partial charge in [0.25, 0.3) is 0 Å². The van der Waals surface area contributed by atoms with Gasteiger partial charge in [-0.25, -0.2) is 9.59 Å². The largest absolute Gasteiger partial charge is 0.443 e. The van der Waals surface area contributed by atoms with Crippen LogP contribution < -0.4 is 0 Å². The highest BCUT2D eigenvalue weighted by Gasteiger charge is 2.45. The second-order valence-corrected chi connectivity index (χ2v) is 8.34. The van der Waals surface area contributed by atoms with Gasteiger partial charge in [0.1, 0.15) is 16.7 Å². The number of hydrogen-bond donors (Lipinski definition) is 0. The molecule has 2 amide bonds. The van der Waals surface area contributed by atoms with Crippen molar-refractivity contribution in [3.8, 4) is 6.07 Å². The molecular weight excluding hydrogens is 332 g/mol. The predicted molar refractivity (Wildman–Crippen MR) is 98.5 cm³/mol. The van der Waals surface area contributed by atoms with Crippen LogP contribution in [0.25, 0.3) is 0 Å². The first kappa shape index (κ1) is 21.5.